The normalized spacial score (nSPS) is 13.5. The number of carboxylic acid groups (broad SMARTS) is 1. The highest BCUT2D eigenvalue weighted by Gasteiger charge is 2.48. The average Bonchev–Trinajstić information content (AvgIpc) is 2.22. The number of carboxylic acids is 1. The van der Waals surface area contributed by atoms with Crippen molar-refractivity contribution in [1.82, 2.24) is 5.32 Å². The number of alkyl halides is 4. The highest BCUT2D eigenvalue weighted by atomic mass is 19.3. The van der Waals surface area contributed by atoms with Crippen LogP contribution < -0.4 is 5.32 Å². The number of carbonyl (C=O) groups excluding carboxylic acids is 1. The molecule has 17 heavy (non-hydrogen) atoms. The minimum absolute atomic E-state index is 0.124. The van der Waals surface area contributed by atoms with Crippen molar-refractivity contribution in [3.05, 3.63) is 0 Å². The third-order valence-electron chi connectivity index (χ3n) is 2.10. The summed E-state index contributed by atoms with van der Waals surface area (Å²) < 4.78 is 48.2. The van der Waals surface area contributed by atoms with Crippen LogP contribution in [0.15, 0.2) is 0 Å². The number of carbonyl (C=O) groups is 2. The van der Waals surface area contributed by atoms with Crippen LogP contribution in [0.3, 0.4) is 0 Å². The Morgan fingerprint density at radius 2 is 1.88 bits per heavy atom. The maximum absolute atomic E-state index is 12.4. The van der Waals surface area contributed by atoms with Crippen molar-refractivity contribution in [2.45, 2.75) is 32.1 Å². The van der Waals surface area contributed by atoms with E-state index < -0.39 is 30.1 Å². The molecule has 0 saturated carbocycles. The van der Waals surface area contributed by atoms with E-state index >= 15 is 0 Å². The van der Waals surface area contributed by atoms with E-state index in [0.717, 1.165) is 0 Å². The molecular weight excluding hydrogens is 246 g/mol. The smallest absolute Gasteiger partial charge is 0.383 e. The molecule has 0 heterocycles. The first-order valence-corrected chi connectivity index (χ1v) is 4.86. The van der Waals surface area contributed by atoms with Crippen molar-refractivity contribution in [1.29, 1.82) is 0 Å². The number of aliphatic carboxylic acids is 1. The third kappa shape index (κ3) is 5.01. The molecule has 8 heteroatoms. The molecule has 0 aliphatic carbocycles. The lowest BCUT2D eigenvalue weighted by molar-refractivity contribution is -0.169. The summed E-state index contributed by atoms with van der Waals surface area (Å²) in [4.78, 5) is 21.0. The van der Waals surface area contributed by atoms with Gasteiger partial charge < -0.3 is 10.4 Å². The standard InChI is InChI=1S/C9H13F4NO3/c1-5(6(15)16)3-2-4-14-8(17)9(12,13)7(10)11/h5,7H,2-4H2,1H3,(H,14,17)(H,15,16). The predicted molar refractivity (Wildman–Crippen MR) is 50.0 cm³/mol. The lowest BCUT2D eigenvalue weighted by Gasteiger charge is -2.14. The van der Waals surface area contributed by atoms with Gasteiger partial charge in [0.2, 0.25) is 0 Å². The lowest BCUT2D eigenvalue weighted by atomic mass is 10.1. The molecule has 0 saturated heterocycles. The van der Waals surface area contributed by atoms with Gasteiger partial charge in [-0.2, -0.15) is 8.78 Å². The number of hydrogen-bond donors (Lipinski definition) is 2. The van der Waals surface area contributed by atoms with Gasteiger partial charge in [-0.15, -0.1) is 0 Å². The average molecular weight is 259 g/mol. The number of rotatable bonds is 7. The number of hydrogen-bond acceptors (Lipinski definition) is 2. The summed E-state index contributed by atoms with van der Waals surface area (Å²) in [5.74, 6) is -8.48. The molecule has 1 atom stereocenters. The fourth-order valence-electron chi connectivity index (χ4n) is 0.951. The Labute approximate surface area is 95.0 Å². The minimum atomic E-state index is -4.71. The lowest BCUT2D eigenvalue weighted by Crippen LogP contribution is -2.45. The van der Waals surface area contributed by atoms with E-state index in [1.807, 2.05) is 0 Å². The molecule has 0 bridgehead atoms. The quantitative estimate of drug-likeness (QED) is 0.538. The molecular formula is C9H13F4NO3. The van der Waals surface area contributed by atoms with E-state index in [4.69, 9.17) is 5.11 Å². The number of halogens is 4. The number of nitrogens with one attached hydrogen (secondary N) is 1. The van der Waals surface area contributed by atoms with Gasteiger partial charge >= 0.3 is 18.3 Å². The van der Waals surface area contributed by atoms with Crippen LogP contribution in [-0.2, 0) is 9.59 Å². The Morgan fingerprint density at radius 3 is 2.29 bits per heavy atom. The van der Waals surface area contributed by atoms with Crippen LogP contribution >= 0.6 is 0 Å². The Balaban J connectivity index is 3.91. The molecule has 100 valence electrons. The predicted octanol–water partition coefficient (Wildman–Crippen LogP) is 1.50. The summed E-state index contributed by atoms with van der Waals surface area (Å²) in [5.41, 5.74) is 0. The topological polar surface area (TPSA) is 66.4 Å². The Bertz CT molecular complexity index is 283. The summed E-state index contributed by atoms with van der Waals surface area (Å²) in [7, 11) is 0. The first-order valence-electron chi connectivity index (χ1n) is 4.86. The fraction of sp³-hybridized carbons (Fsp3) is 0.778. The largest absolute Gasteiger partial charge is 0.481 e. The minimum Gasteiger partial charge on any atom is -0.481 e. The van der Waals surface area contributed by atoms with E-state index in [1.165, 1.54) is 6.92 Å². The van der Waals surface area contributed by atoms with Gasteiger partial charge in [0.05, 0.1) is 5.92 Å². The molecule has 0 spiro atoms. The van der Waals surface area contributed by atoms with Crippen LogP contribution in [0.25, 0.3) is 0 Å². The summed E-state index contributed by atoms with van der Waals surface area (Å²) in [6.45, 7) is 1.15. The summed E-state index contributed by atoms with van der Waals surface area (Å²) in [5, 5.41) is 10.1. The molecule has 0 aliphatic rings. The van der Waals surface area contributed by atoms with Crippen LogP contribution in [0.5, 0.6) is 0 Å². The highest BCUT2D eigenvalue weighted by Crippen LogP contribution is 2.22. The zero-order valence-electron chi connectivity index (χ0n) is 9.05. The summed E-state index contributed by atoms with van der Waals surface area (Å²) >= 11 is 0. The van der Waals surface area contributed by atoms with Crippen molar-refractivity contribution in [3.63, 3.8) is 0 Å². The molecule has 4 nitrogen and oxygen atoms in total. The Hall–Kier alpha value is -1.34. The van der Waals surface area contributed by atoms with Gasteiger partial charge in [-0.05, 0) is 12.8 Å². The van der Waals surface area contributed by atoms with Gasteiger partial charge in [0.15, 0.2) is 0 Å². The molecule has 0 aromatic rings. The summed E-state index contributed by atoms with van der Waals surface area (Å²) in [6.07, 6.45) is -3.77. The second-order valence-electron chi connectivity index (χ2n) is 3.56. The maximum atomic E-state index is 12.4. The molecule has 1 amide bonds. The maximum Gasteiger partial charge on any atom is 0.383 e. The molecule has 0 rings (SSSR count). The van der Waals surface area contributed by atoms with E-state index in [-0.39, 0.29) is 19.4 Å². The zero-order chi connectivity index (χ0) is 13.6. The van der Waals surface area contributed by atoms with Gasteiger partial charge in [-0.3, -0.25) is 9.59 Å². The first-order chi connectivity index (χ1) is 7.69. The Morgan fingerprint density at radius 1 is 1.35 bits per heavy atom. The van der Waals surface area contributed by atoms with Gasteiger partial charge in [-0.25, -0.2) is 8.78 Å². The van der Waals surface area contributed by atoms with E-state index in [9.17, 15) is 27.2 Å². The van der Waals surface area contributed by atoms with Gasteiger partial charge in [0.1, 0.15) is 0 Å². The van der Waals surface area contributed by atoms with Crippen molar-refractivity contribution >= 4 is 11.9 Å². The van der Waals surface area contributed by atoms with Crippen molar-refractivity contribution in [2.24, 2.45) is 5.92 Å². The number of amides is 1. The van der Waals surface area contributed by atoms with Crippen molar-refractivity contribution < 1.29 is 32.3 Å². The first kappa shape index (κ1) is 15.7. The monoisotopic (exact) mass is 259 g/mol. The van der Waals surface area contributed by atoms with Crippen LogP contribution in [0.4, 0.5) is 17.6 Å². The van der Waals surface area contributed by atoms with Crippen LogP contribution in [0.2, 0.25) is 0 Å². The van der Waals surface area contributed by atoms with Crippen molar-refractivity contribution in [2.75, 3.05) is 6.54 Å². The van der Waals surface area contributed by atoms with Crippen LogP contribution in [0.1, 0.15) is 19.8 Å². The molecule has 0 aromatic heterocycles. The molecule has 2 N–H and O–H groups in total. The van der Waals surface area contributed by atoms with Gasteiger partial charge in [0, 0.05) is 6.54 Å². The second-order valence-corrected chi connectivity index (χ2v) is 3.56. The van der Waals surface area contributed by atoms with Crippen molar-refractivity contribution in [3.8, 4) is 0 Å². The van der Waals surface area contributed by atoms with Crippen LogP contribution in [-0.4, -0.2) is 35.9 Å². The third-order valence-corrected chi connectivity index (χ3v) is 2.10. The Kier molecular flexibility index (Phi) is 5.90. The summed E-state index contributed by atoms with van der Waals surface area (Å²) in [6, 6.07) is 0. The molecule has 1 unspecified atom stereocenters. The molecule has 0 aromatic carbocycles. The zero-order valence-corrected chi connectivity index (χ0v) is 9.05. The second kappa shape index (κ2) is 6.41. The molecule has 0 radical (unpaired) electrons. The molecule has 0 aliphatic heterocycles. The van der Waals surface area contributed by atoms with E-state index in [0.29, 0.717) is 0 Å². The fourth-order valence-corrected chi connectivity index (χ4v) is 0.951. The van der Waals surface area contributed by atoms with E-state index in [2.05, 4.69) is 0 Å². The SMILES string of the molecule is CC(CCCNC(=O)C(F)(F)C(F)F)C(=O)O. The molecule has 0 fully saturated rings. The highest BCUT2D eigenvalue weighted by molar-refractivity contribution is 5.83. The van der Waals surface area contributed by atoms with Gasteiger partial charge in [-0.1, -0.05) is 6.92 Å². The van der Waals surface area contributed by atoms with Gasteiger partial charge in [0.25, 0.3) is 5.91 Å². The van der Waals surface area contributed by atoms with Crippen LogP contribution in [0, 0.1) is 5.92 Å². The van der Waals surface area contributed by atoms with E-state index in [1.54, 1.807) is 5.32 Å².